The van der Waals surface area contributed by atoms with E-state index >= 15 is 0 Å². The number of aryl methyl sites for hydroxylation is 3. The van der Waals surface area contributed by atoms with Gasteiger partial charge in [-0.05, 0) is 92.6 Å². The van der Waals surface area contributed by atoms with Crippen molar-refractivity contribution in [3.8, 4) is 16.3 Å². The van der Waals surface area contributed by atoms with Crippen LogP contribution >= 0.6 is 11.3 Å². The first-order valence-corrected chi connectivity index (χ1v) is 12.6. The van der Waals surface area contributed by atoms with E-state index in [2.05, 4.69) is 72.0 Å². The van der Waals surface area contributed by atoms with E-state index in [9.17, 15) is 4.79 Å². The summed E-state index contributed by atoms with van der Waals surface area (Å²) in [6, 6.07) is 26.1. The van der Waals surface area contributed by atoms with Gasteiger partial charge in [0.25, 0.3) is 5.91 Å². The molecule has 2 heterocycles. The molecular formula is C30H24N4OS. The normalized spacial score (nSPS) is 11.3. The highest BCUT2D eigenvalue weighted by Crippen LogP contribution is 2.31. The summed E-state index contributed by atoms with van der Waals surface area (Å²) in [4.78, 5) is 22.3. The number of hydrogen-bond donors (Lipinski definition) is 1. The zero-order valence-electron chi connectivity index (χ0n) is 20.2. The van der Waals surface area contributed by atoms with E-state index in [0.717, 1.165) is 38.5 Å². The van der Waals surface area contributed by atoms with Crippen LogP contribution in [0.1, 0.15) is 27.0 Å². The van der Waals surface area contributed by atoms with E-state index in [1.165, 1.54) is 21.4 Å². The molecule has 4 aromatic carbocycles. The van der Waals surface area contributed by atoms with E-state index < -0.39 is 0 Å². The summed E-state index contributed by atoms with van der Waals surface area (Å²) in [7, 11) is 0. The molecule has 0 atom stereocenters. The molecule has 6 aromatic rings. The largest absolute Gasteiger partial charge is 0.322 e. The predicted molar refractivity (Wildman–Crippen MR) is 148 cm³/mol. The quantitative estimate of drug-likeness (QED) is 0.280. The van der Waals surface area contributed by atoms with Crippen LogP contribution in [0.5, 0.6) is 0 Å². The molecule has 0 bridgehead atoms. The molecule has 0 saturated carbocycles. The average Bonchev–Trinajstić information content (AvgIpc) is 3.48. The van der Waals surface area contributed by atoms with Gasteiger partial charge in [-0.15, -0.1) is 11.3 Å². The van der Waals surface area contributed by atoms with Gasteiger partial charge in [0.15, 0.2) is 0 Å². The van der Waals surface area contributed by atoms with Crippen molar-refractivity contribution in [3.63, 3.8) is 0 Å². The molecule has 0 aliphatic heterocycles. The highest BCUT2D eigenvalue weighted by molar-refractivity contribution is 7.21. The Kier molecular flexibility index (Phi) is 5.38. The number of nitrogens with one attached hydrogen (secondary N) is 1. The van der Waals surface area contributed by atoms with E-state index in [-0.39, 0.29) is 5.91 Å². The molecule has 1 amide bonds. The van der Waals surface area contributed by atoms with Gasteiger partial charge in [0.1, 0.15) is 11.3 Å². The fourth-order valence-corrected chi connectivity index (χ4v) is 5.55. The number of anilines is 1. The number of aromatic nitrogens is 3. The molecular weight excluding hydrogens is 464 g/mol. The zero-order chi connectivity index (χ0) is 24.8. The fourth-order valence-electron chi connectivity index (χ4n) is 4.48. The van der Waals surface area contributed by atoms with Crippen molar-refractivity contribution in [2.24, 2.45) is 0 Å². The van der Waals surface area contributed by atoms with Crippen LogP contribution in [0, 0.1) is 20.8 Å². The average molecular weight is 489 g/mol. The number of amides is 1. The van der Waals surface area contributed by atoms with Crippen LogP contribution < -0.4 is 5.32 Å². The Bertz CT molecular complexity index is 1760. The number of hydrogen-bond acceptors (Lipinski definition) is 4. The molecule has 0 aliphatic rings. The Hall–Kier alpha value is -4.29. The molecule has 0 aliphatic carbocycles. The fraction of sp³-hybridized carbons (Fsp3) is 0.100. The standard InChI is InChI=1S/C30H24N4OS/c1-18-5-12-26(20(3)14-18)34-17-31-25-16-22(8-13-27(25)34)29(35)32-23-9-6-21(7-10-23)30-33-24-11-4-19(2)15-28(24)36-30/h4-17H,1-3H3,(H,32,35). The third kappa shape index (κ3) is 4.06. The van der Waals surface area contributed by atoms with E-state index in [1.54, 1.807) is 11.3 Å². The Morgan fingerprint density at radius 1 is 0.833 bits per heavy atom. The van der Waals surface area contributed by atoms with Gasteiger partial charge in [-0.25, -0.2) is 9.97 Å². The number of imidazole rings is 1. The van der Waals surface area contributed by atoms with E-state index in [4.69, 9.17) is 4.98 Å². The molecule has 6 heteroatoms. The van der Waals surface area contributed by atoms with Gasteiger partial charge in [0.2, 0.25) is 0 Å². The molecule has 0 spiro atoms. The second kappa shape index (κ2) is 8.73. The maximum absolute atomic E-state index is 13.0. The van der Waals surface area contributed by atoms with Crippen LogP contribution in [0.4, 0.5) is 5.69 Å². The van der Waals surface area contributed by atoms with Crippen molar-refractivity contribution in [3.05, 3.63) is 107 Å². The van der Waals surface area contributed by atoms with Gasteiger partial charge in [0, 0.05) is 16.8 Å². The zero-order valence-corrected chi connectivity index (χ0v) is 21.1. The van der Waals surface area contributed by atoms with Crippen molar-refractivity contribution in [2.75, 3.05) is 5.32 Å². The van der Waals surface area contributed by atoms with Crippen molar-refractivity contribution in [1.82, 2.24) is 14.5 Å². The Balaban J connectivity index is 1.22. The number of benzene rings is 4. The maximum Gasteiger partial charge on any atom is 0.255 e. The van der Waals surface area contributed by atoms with Gasteiger partial charge in [-0.3, -0.25) is 9.36 Å². The highest BCUT2D eigenvalue weighted by Gasteiger charge is 2.12. The molecule has 0 saturated heterocycles. The lowest BCUT2D eigenvalue weighted by Gasteiger charge is -2.10. The lowest BCUT2D eigenvalue weighted by molar-refractivity contribution is 0.102. The lowest BCUT2D eigenvalue weighted by Crippen LogP contribution is -2.11. The molecule has 6 rings (SSSR count). The van der Waals surface area contributed by atoms with Gasteiger partial charge in [-0.1, -0.05) is 23.8 Å². The molecule has 176 valence electrons. The van der Waals surface area contributed by atoms with E-state index in [0.29, 0.717) is 5.56 Å². The minimum absolute atomic E-state index is 0.166. The van der Waals surface area contributed by atoms with Gasteiger partial charge in [0.05, 0.1) is 26.9 Å². The van der Waals surface area contributed by atoms with Crippen LogP contribution in [0.2, 0.25) is 0 Å². The van der Waals surface area contributed by atoms with Crippen molar-refractivity contribution in [2.45, 2.75) is 20.8 Å². The lowest BCUT2D eigenvalue weighted by atomic mass is 10.1. The maximum atomic E-state index is 13.0. The summed E-state index contributed by atoms with van der Waals surface area (Å²) in [6.45, 7) is 6.27. The first-order valence-electron chi connectivity index (χ1n) is 11.8. The molecule has 5 nitrogen and oxygen atoms in total. The van der Waals surface area contributed by atoms with Crippen LogP contribution in [-0.2, 0) is 0 Å². The molecule has 36 heavy (non-hydrogen) atoms. The number of fused-ring (bicyclic) bond motifs is 2. The molecule has 0 unspecified atom stereocenters. The van der Waals surface area contributed by atoms with Crippen LogP contribution in [0.15, 0.2) is 85.2 Å². The minimum atomic E-state index is -0.166. The molecule has 0 radical (unpaired) electrons. The minimum Gasteiger partial charge on any atom is -0.322 e. The summed E-state index contributed by atoms with van der Waals surface area (Å²) in [5.74, 6) is -0.166. The summed E-state index contributed by atoms with van der Waals surface area (Å²) < 4.78 is 3.24. The SMILES string of the molecule is Cc1ccc(-n2cnc3cc(C(=O)Nc4ccc(-c5nc6ccc(C)cc6s5)cc4)ccc32)c(C)c1. The number of rotatable bonds is 4. The highest BCUT2D eigenvalue weighted by atomic mass is 32.1. The summed E-state index contributed by atoms with van der Waals surface area (Å²) in [5.41, 5.74) is 9.81. The number of thiazole rings is 1. The summed E-state index contributed by atoms with van der Waals surface area (Å²) >= 11 is 1.68. The monoisotopic (exact) mass is 488 g/mol. The van der Waals surface area contributed by atoms with Gasteiger partial charge >= 0.3 is 0 Å². The third-order valence-electron chi connectivity index (χ3n) is 6.35. The van der Waals surface area contributed by atoms with Crippen LogP contribution in [-0.4, -0.2) is 20.4 Å². The molecule has 2 aromatic heterocycles. The first-order chi connectivity index (χ1) is 17.4. The van der Waals surface area contributed by atoms with Crippen molar-refractivity contribution < 1.29 is 4.79 Å². The molecule has 0 fully saturated rings. The summed E-state index contributed by atoms with van der Waals surface area (Å²) in [6.07, 6.45) is 1.81. The van der Waals surface area contributed by atoms with Gasteiger partial charge < -0.3 is 5.32 Å². The van der Waals surface area contributed by atoms with Crippen LogP contribution in [0.3, 0.4) is 0 Å². The second-order valence-electron chi connectivity index (χ2n) is 9.13. The summed E-state index contributed by atoms with van der Waals surface area (Å²) in [5, 5.41) is 3.97. The van der Waals surface area contributed by atoms with Crippen molar-refractivity contribution in [1.29, 1.82) is 0 Å². The Morgan fingerprint density at radius 3 is 2.42 bits per heavy atom. The number of carbonyl (C=O) groups excluding carboxylic acids is 1. The predicted octanol–water partition coefficient (Wildman–Crippen LogP) is 7.48. The van der Waals surface area contributed by atoms with Crippen molar-refractivity contribution >= 4 is 44.2 Å². The van der Waals surface area contributed by atoms with Crippen LogP contribution in [0.25, 0.3) is 37.5 Å². The smallest absolute Gasteiger partial charge is 0.255 e. The van der Waals surface area contributed by atoms with Gasteiger partial charge in [-0.2, -0.15) is 0 Å². The Labute approximate surface area is 213 Å². The number of nitrogens with zero attached hydrogens (tertiary/aromatic N) is 3. The van der Waals surface area contributed by atoms with E-state index in [1.807, 2.05) is 48.8 Å². The topological polar surface area (TPSA) is 59.8 Å². The first kappa shape index (κ1) is 22.2. The second-order valence-corrected chi connectivity index (χ2v) is 10.2. The number of carbonyl (C=O) groups is 1. The molecule has 1 N–H and O–H groups in total. The third-order valence-corrected chi connectivity index (χ3v) is 7.42. The Morgan fingerprint density at radius 2 is 1.61 bits per heavy atom.